The Morgan fingerprint density at radius 1 is 1.27 bits per heavy atom. The van der Waals surface area contributed by atoms with Crippen LogP contribution in [0.2, 0.25) is 0 Å². The molecule has 0 bridgehead atoms. The molecule has 170 valence electrons. The SMILES string of the molecule is CCCCNC(N)=NCc1ccc(N2CCN(C(=O)OC(C)(C)C)CC2)c(F)c1.I. The maximum atomic E-state index is 14.6. The van der Waals surface area contributed by atoms with Crippen molar-refractivity contribution in [2.24, 2.45) is 10.7 Å². The first kappa shape index (κ1) is 26.3. The smallest absolute Gasteiger partial charge is 0.410 e. The van der Waals surface area contributed by atoms with Crippen LogP contribution in [-0.2, 0) is 11.3 Å². The molecule has 0 aromatic heterocycles. The van der Waals surface area contributed by atoms with Gasteiger partial charge in [0, 0.05) is 32.7 Å². The molecule has 0 spiro atoms. The summed E-state index contributed by atoms with van der Waals surface area (Å²) in [6.07, 6.45) is 1.79. The van der Waals surface area contributed by atoms with Gasteiger partial charge in [0.15, 0.2) is 5.96 Å². The van der Waals surface area contributed by atoms with Gasteiger partial charge in [0.1, 0.15) is 11.4 Å². The molecule has 0 radical (unpaired) electrons. The van der Waals surface area contributed by atoms with E-state index in [-0.39, 0.29) is 35.9 Å². The van der Waals surface area contributed by atoms with E-state index in [0.717, 1.165) is 24.9 Å². The molecule has 0 aliphatic carbocycles. The van der Waals surface area contributed by atoms with Crippen LogP contribution in [0.3, 0.4) is 0 Å². The maximum absolute atomic E-state index is 14.6. The first-order valence-corrected chi connectivity index (χ1v) is 10.2. The molecule has 0 atom stereocenters. The predicted octanol–water partition coefficient (Wildman–Crippen LogP) is 3.71. The zero-order chi connectivity index (χ0) is 21.4. The van der Waals surface area contributed by atoms with Crippen LogP contribution in [0.25, 0.3) is 0 Å². The molecule has 1 aliphatic rings. The second kappa shape index (κ2) is 12.2. The molecule has 1 saturated heterocycles. The van der Waals surface area contributed by atoms with E-state index < -0.39 is 5.60 Å². The van der Waals surface area contributed by atoms with Crippen molar-refractivity contribution in [3.05, 3.63) is 29.6 Å². The summed E-state index contributed by atoms with van der Waals surface area (Å²) in [7, 11) is 0. The third-order valence-corrected chi connectivity index (χ3v) is 4.55. The fourth-order valence-electron chi connectivity index (χ4n) is 2.99. The fourth-order valence-corrected chi connectivity index (χ4v) is 2.99. The van der Waals surface area contributed by atoms with Crippen molar-refractivity contribution in [3.63, 3.8) is 0 Å². The minimum atomic E-state index is -0.520. The lowest BCUT2D eigenvalue weighted by atomic mass is 10.1. The number of nitrogens with two attached hydrogens (primary N) is 1. The highest BCUT2D eigenvalue weighted by Gasteiger charge is 2.26. The van der Waals surface area contributed by atoms with E-state index in [4.69, 9.17) is 10.5 Å². The predicted molar refractivity (Wildman–Crippen MR) is 130 cm³/mol. The highest BCUT2D eigenvalue weighted by Crippen LogP contribution is 2.23. The molecule has 2 rings (SSSR count). The van der Waals surface area contributed by atoms with Gasteiger partial charge in [0.25, 0.3) is 0 Å². The second-order valence-electron chi connectivity index (χ2n) is 8.22. The zero-order valence-electron chi connectivity index (χ0n) is 18.4. The quantitative estimate of drug-likeness (QED) is 0.251. The van der Waals surface area contributed by atoms with Crippen LogP contribution >= 0.6 is 24.0 Å². The van der Waals surface area contributed by atoms with Gasteiger partial charge < -0.3 is 25.6 Å². The van der Waals surface area contributed by atoms with Crippen molar-refractivity contribution < 1.29 is 13.9 Å². The van der Waals surface area contributed by atoms with Crippen molar-refractivity contribution >= 4 is 41.7 Å². The van der Waals surface area contributed by atoms with Crippen molar-refractivity contribution in [3.8, 4) is 0 Å². The van der Waals surface area contributed by atoms with Gasteiger partial charge in [-0.1, -0.05) is 19.4 Å². The molecule has 1 aliphatic heterocycles. The summed E-state index contributed by atoms with van der Waals surface area (Å²) in [6, 6.07) is 5.13. The number of guanidine groups is 1. The largest absolute Gasteiger partial charge is 0.444 e. The van der Waals surface area contributed by atoms with Gasteiger partial charge in [-0.2, -0.15) is 0 Å². The number of carbonyl (C=O) groups excluding carboxylic acids is 1. The minimum Gasteiger partial charge on any atom is -0.444 e. The average Bonchev–Trinajstić information content (AvgIpc) is 2.65. The number of aliphatic imine (C=N–C) groups is 1. The second-order valence-corrected chi connectivity index (χ2v) is 8.22. The number of unbranched alkanes of at least 4 members (excludes halogenated alkanes) is 1. The number of amides is 1. The third kappa shape index (κ3) is 8.53. The van der Waals surface area contributed by atoms with E-state index >= 15 is 0 Å². The number of halogens is 2. The normalized spacial score (nSPS) is 14.9. The number of nitrogens with one attached hydrogen (secondary N) is 1. The number of anilines is 1. The molecule has 30 heavy (non-hydrogen) atoms. The zero-order valence-corrected chi connectivity index (χ0v) is 20.7. The molecule has 3 N–H and O–H groups in total. The van der Waals surface area contributed by atoms with Crippen LogP contribution in [0.15, 0.2) is 23.2 Å². The monoisotopic (exact) mass is 535 g/mol. The van der Waals surface area contributed by atoms with Gasteiger partial charge in [-0.15, -0.1) is 24.0 Å². The molecule has 0 unspecified atom stereocenters. The summed E-state index contributed by atoms with van der Waals surface area (Å²) in [4.78, 5) is 20.0. The Morgan fingerprint density at radius 2 is 1.93 bits per heavy atom. The Balaban J connectivity index is 0.00000450. The van der Waals surface area contributed by atoms with E-state index in [1.807, 2.05) is 31.7 Å². The molecule has 9 heteroatoms. The lowest BCUT2D eigenvalue weighted by molar-refractivity contribution is 0.0240. The number of ether oxygens (including phenoxy) is 1. The van der Waals surface area contributed by atoms with Crippen molar-refractivity contribution in [2.75, 3.05) is 37.6 Å². The standard InChI is InChI=1S/C21H34FN5O2.HI/c1-5-6-9-24-19(23)25-15-16-7-8-18(17(22)14-16)26-10-12-27(13-11-26)20(28)29-21(2,3)4;/h7-8,14H,5-6,9-13,15H2,1-4H3,(H3,23,24,25);1H. The number of nitrogens with zero attached hydrogens (tertiary/aromatic N) is 3. The summed E-state index contributed by atoms with van der Waals surface area (Å²) in [5.74, 6) is 0.0853. The molecule has 1 heterocycles. The van der Waals surface area contributed by atoms with Gasteiger partial charge in [0.2, 0.25) is 0 Å². The Kier molecular flexibility index (Phi) is 10.6. The van der Waals surface area contributed by atoms with Crippen LogP contribution < -0.4 is 16.0 Å². The molecule has 1 fully saturated rings. The van der Waals surface area contributed by atoms with Crippen LogP contribution in [0, 0.1) is 5.82 Å². The Morgan fingerprint density at radius 3 is 2.50 bits per heavy atom. The van der Waals surface area contributed by atoms with Crippen LogP contribution in [0.4, 0.5) is 14.9 Å². The van der Waals surface area contributed by atoms with Gasteiger partial charge in [-0.3, -0.25) is 0 Å². The molecule has 7 nitrogen and oxygen atoms in total. The fraction of sp³-hybridized carbons (Fsp3) is 0.619. The Labute approximate surface area is 196 Å². The maximum Gasteiger partial charge on any atom is 0.410 e. The van der Waals surface area contributed by atoms with Gasteiger partial charge >= 0.3 is 6.09 Å². The number of rotatable bonds is 6. The minimum absolute atomic E-state index is 0. The summed E-state index contributed by atoms with van der Waals surface area (Å²) in [6.45, 7) is 10.9. The molecular weight excluding hydrogens is 500 g/mol. The van der Waals surface area contributed by atoms with Crippen LogP contribution in [-0.4, -0.2) is 55.3 Å². The first-order valence-electron chi connectivity index (χ1n) is 10.2. The molecule has 0 saturated carbocycles. The Bertz CT molecular complexity index is 716. The van der Waals surface area contributed by atoms with Gasteiger partial charge in [-0.05, 0) is 44.9 Å². The average molecular weight is 535 g/mol. The van der Waals surface area contributed by atoms with Crippen molar-refractivity contribution in [1.29, 1.82) is 0 Å². The summed E-state index contributed by atoms with van der Waals surface area (Å²) < 4.78 is 20.0. The number of hydrogen-bond acceptors (Lipinski definition) is 4. The highest BCUT2D eigenvalue weighted by molar-refractivity contribution is 14.0. The van der Waals surface area contributed by atoms with Crippen molar-refractivity contribution in [1.82, 2.24) is 10.2 Å². The summed E-state index contributed by atoms with van der Waals surface area (Å²) >= 11 is 0. The number of piperazine rings is 1. The number of carbonyl (C=O) groups is 1. The first-order chi connectivity index (χ1) is 13.7. The number of benzene rings is 1. The van der Waals surface area contributed by atoms with Gasteiger partial charge in [-0.25, -0.2) is 14.2 Å². The lowest BCUT2D eigenvalue weighted by Gasteiger charge is -2.36. The van der Waals surface area contributed by atoms with E-state index in [9.17, 15) is 9.18 Å². The van der Waals surface area contributed by atoms with E-state index in [1.165, 1.54) is 6.07 Å². The van der Waals surface area contributed by atoms with Crippen LogP contribution in [0.1, 0.15) is 46.1 Å². The van der Waals surface area contributed by atoms with E-state index in [1.54, 1.807) is 11.0 Å². The van der Waals surface area contributed by atoms with E-state index in [2.05, 4.69) is 17.2 Å². The molecule has 1 aromatic carbocycles. The van der Waals surface area contributed by atoms with Gasteiger partial charge in [0.05, 0.1) is 12.2 Å². The summed E-state index contributed by atoms with van der Waals surface area (Å²) in [5, 5.41) is 3.04. The molecule has 1 amide bonds. The van der Waals surface area contributed by atoms with E-state index in [0.29, 0.717) is 44.4 Å². The molecular formula is C21H35FIN5O2. The van der Waals surface area contributed by atoms with Crippen LogP contribution in [0.5, 0.6) is 0 Å². The topological polar surface area (TPSA) is 83.2 Å². The number of hydrogen-bond donors (Lipinski definition) is 2. The summed E-state index contributed by atoms with van der Waals surface area (Å²) in [5.41, 5.74) is 6.60. The Hall–Kier alpha value is -1.78. The third-order valence-electron chi connectivity index (χ3n) is 4.55. The molecule has 1 aromatic rings. The van der Waals surface area contributed by atoms with Crippen molar-refractivity contribution in [2.45, 2.75) is 52.7 Å². The highest BCUT2D eigenvalue weighted by atomic mass is 127. The lowest BCUT2D eigenvalue weighted by Crippen LogP contribution is -2.50.